The van der Waals surface area contributed by atoms with Gasteiger partial charge in [-0.3, -0.25) is 4.79 Å². The van der Waals surface area contributed by atoms with E-state index in [4.69, 9.17) is 4.74 Å². The summed E-state index contributed by atoms with van der Waals surface area (Å²) in [5.74, 6) is -1.63. The molecule has 10 heteroatoms. The molecule has 1 fully saturated rings. The van der Waals surface area contributed by atoms with Gasteiger partial charge in [-0.25, -0.2) is 9.97 Å². The number of halogens is 3. The zero-order valence-electron chi connectivity index (χ0n) is 16.4. The maximum absolute atomic E-state index is 13.1. The van der Waals surface area contributed by atoms with Gasteiger partial charge in [-0.1, -0.05) is 30.0 Å². The fourth-order valence-electron chi connectivity index (χ4n) is 3.19. The number of para-hydroxylation sites is 1. The molecular weight excluding hydrogens is 429 g/mol. The highest BCUT2D eigenvalue weighted by Crippen LogP contribution is 2.32. The van der Waals surface area contributed by atoms with E-state index in [1.807, 2.05) is 12.1 Å². The van der Waals surface area contributed by atoms with Crippen molar-refractivity contribution in [3.63, 3.8) is 0 Å². The molecule has 1 aliphatic rings. The quantitative estimate of drug-likeness (QED) is 0.466. The minimum Gasteiger partial charge on any atom is -0.378 e. The van der Waals surface area contributed by atoms with Crippen LogP contribution < -0.4 is 10.2 Å². The molecule has 0 radical (unpaired) electrons. The third-order valence-electron chi connectivity index (χ3n) is 4.69. The molecule has 1 aromatic heterocycles. The van der Waals surface area contributed by atoms with Crippen LogP contribution in [0.2, 0.25) is 0 Å². The summed E-state index contributed by atoms with van der Waals surface area (Å²) in [6.45, 7) is 3.00. The second-order valence-electron chi connectivity index (χ2n) is 6.85. The van der Waals surface area contributed by atoms with Crippen molar-refractivity contribution in [2.45, 2.75) is 11.2 Å². The van der Waals surface area contributed by atoms with Crippen LogP contribution in [0.5, 0.6) is 0 Å². The summed E-state index contributed by atoms with van der Waals surface area (Å²) in [5, 5.41) is 3.36. The van der Waals surface area contributed by atoms with Gasteiger partial charge in [0.25, 0.3) is 0 Å². The minimum absolute atomic E-state index is 0.0798. The predicted molar refractivity (Wildman–Crippen MR) is 113 cm³/mol. The number of nitrogens with zero attached hydrogens (tertiary/aromatic N) is 3. The standard InChI is InChI=1S/C21H19F3N4O2S/c22-21(23,24)20-26-17-4-2-1-3-16(17)19(27-20)31-13-18(29)25-14-5-7-15(8-6-14)28-9-11-30-12-10-28/h1-8H,9-13H2,(H,25,29). The Morgan fingerprint density at radius 1 is 1.06 bits per heavy atom. The van der Waals surface area contributed by atoms with E-state index in [1.165, 1.54) is 6.07 Å². The zero-order chi connectivity index (χ0) is 21.8. The molecule has 0 aliphatic carbocycles. The molecule has 0 unspecified atom stereocenters. The van der Waals surface area contributed by atoms with Crippen molar-refractivity contribution < 1.29 is 22.7 Å². The van der Waals surface area contributed by atoms with Crippen molar-refractivity contribution in [2.75, 3.05) is 42.3 Å². The van der Waals surface area contributed by atoms with Crippen molar-refractivity contribution in [1.82, 2.24) is 9.97 Å². The van der Waals surface area contributed by atoms with Crippen LogP contribution in [0.1, 0.15) is 5.82 Å². The van der Waals surface area contributed by atoms with Crippen LogP contribution in [0.15, 0.2) is 53.6 Å². The van der Waals surface area contributed by atoms with Gasteiger partial charge in [0.05, 0.1) is 24.5 Å². The van der Waals surface area contributed by atoms with Gasteiger partial charge in [0.15, 0.2) is 0 Å². The molecule has 0 saturated carbocycles. The predicted octanol–water partition coefficient (Wildman–Crippen LogP) is 4.22. The fourth-order valence-corrected chi connectivity index (χ4v) is 4.01. The van der Waals surface area contributed by atoms with E-state index in [-0.39, 0.29) is 22.2 Å². The number of thioether (sulfide) groups is 1. The molecule has 1 saturated heterocycles. The second-order valence-corrected chi connectivity index (χ2v) is 7.81. The Balaban J connectivity index is 1.42. The highest BCUT2D eigenvalue weighted by atomic mass is 32.2. The Hall–Kier alpha value is -2.85. The van der Waals surface area contributed by atoms with Crippen LogP contribution in [-0.2, 0) is 15.7 Å². The zero-order valence-corrected chi connectivity index (χ0v) is 17.2. The number of benzene rings is 2. The van der Waals surface area contributed by atoms with Gasteiger partial charge in [0.1, 0.15) is 5.03 Å². The maximum Gasteiger partial charge on any atom is 0.451 e. The van der Waals surface area contributed by atoms with Crippen LogP contribution in [-0.4, -0.2) is 47.9 Å². The topological polar surface area (TPSA) is 67.4 Å². The number of amides is 1. The molecule has 1 amide bonds. The van der Waals surface area contributed by atoms with Crippen LogP contribution in [0.3, 0.4) is 0 Å². The number of ether oxygens (including phenoxy) is 1. The van der Waals surface area contributed by atoms with Crippen LogP contribution in [0.4, 0.5) is 24.5 Å². The number of carbonyl (C=O) groups excluding carboxylic acids is 1. The first-order valence-corrected chi connectivity index (χ1v) is 10.6. The van der Waals surface area contributed by atoms with E-state index in [9.17, 15) is 18.0 Å². The molecule has 2 aromatic carbocycles. The first kappa shape index (κ1) is 21.4. The summed E-state index contributed by atoms with van der Waals surface area (Å²) in [4.78, 5) is 21.8. The van der Waals surface area contributed by atoms with Crippen LogP contribution in [0.25, 0.3) is 10.9 Å². The van der Waals surface area contributed by atoms with Crippen LogP contribution in [0, 0.1) is 0 Å². The molecule has 2 heterocycles. The summed E-state index contributed by atoms with van der Waals surface area (Å²) < 4.78 is 44.7. The monoisotopic (exact) mass is 448 g/mol. The van der Waals surface area contributed by atoms with Gasteiger partial charge < -0.3 is 15.0 Å². The average molecular weight is 448 g/mol. The van der Waals surface area contributed by atoms with Crippen LogP contribution >= 0.6 is 11.8 Å². The Kier molecular flexibility index (Phi) is 6.28. The normalized spacial score (nSPS) is 14.6. The molecule has 4 rings (SSSR count). The van der Waals surface area contributed by atoms with E-state index in [0.717, 1.165) is 30.5 Å². The maximum atomic E-state index is 13.1. The SMILES string of the molecule is O=C(CSc1nc(C(F)(F)F)nc2ccccc12)Nc1ccc(N2CCOCC2)cc1. The van der Waals surface area contributed by atoms with E-state index < -0.39 is 12.0 Å². The number of anilines is 2. The summed E-state index contributed by atoms with van der Waals surface area (Å²) in [6, 6.07) is 13.9. The molecule has 6 nitrogen and oxygen atoms in total. The number of aromatic nitrogens is 2. The molecule has 0 atom stereocenters. The van der Waals surface area contributed by atoms with E-state index in [2.05, 4.69) is 20.2 Å². The van der Waals surface area contributed by atoms with Gasteiger partial charge in [-0.2, -0.15) is 13.2 Å². The number of morpholine rings is 1. The Labute approximate surface area is 180 Å². The molecule has 3 aromatic rings. The number of fused-ring (bicyclic) bond motifs is 1. The fraction of sp³-hybridized carbons (Fsp3) is 0.286. The third kappa shape index (κ3) is 5.26. The number of rotatable bonds is 5. The van der Waals surface area contributed by atoms with Crippen molar-refractivity contribution >= 4 is 39.9 Å². The summed E-state index contributed by atoms with van der Waals surface area (Å²) in [5.41, 5.74) is 1.85. The molecule has 162 valence electrons. The molecule has 31 heavy (non-hydrogen) atoms. The lowest BCUT2D eigenvalue weighted by Gasteiger charge is -2.28. The lowest BCUT2D eigenvalue weighted by atomic mass is 10.2. The average Bonchev–Trinajstić information content (AvgIpc) is 2.78. The van der Waals surface area contributed by atoms with Gasteiger partial charge in [-0.05, 0) is 30.3 Å². The van der Waals surface area contributed by atoms with Gasteiger partial charge in [0.2, 0.25) is 11.7 Å². The Morgan fingerprint density at radius 3 is 2.48 bits per heavy atom. The van der Waals surface area contributed by atoms with Gasteiger partial charge >= 0.3 is 6.18 Å². The van der Waals surface area contributed by atoms with Crippen molar-refractivity contribution in [3.05, 3.63) is 54.4 Å². The first-order chi connectivity index (χ1) is 14.9. The third-order valence-corrected chi connectivity index (χ3v) is 5.68. The molecule has 1 aliphatic heterocycles. The van der Waals surface area contributed by atoms with Gasteiger partial charge in [0, 0.05) is 29.9 Å². The number of nitrogens with one attached hydrogen (secondary N) is 1. The summed E-state index contributed by atoms with van der Waals surface area (Å²) in [6.07, 6.45) is -4.66. The van der Waals surface area contributed by atoms with Crippen molar-refractivity contribution in [2.24, 2.45) is 0 Å². The number of hydrogen-bond acceptors (Lipinski definition) is 6. The Bertz CT molecular complexity index is 1070. The van der Waals surface area contributed by atoms with Crippen molar-refractivity contribution in [3.8, 4) is 0 Å². The highest BCUT2D eigenvalue weighted by molar-refractivity contribution is 8.00. The largest absolute Gasteiger partial charge is 0.451 e. The summed E-state index contributed by atoms with van der Waals surface area (Å²) in [7, 11) is 0. The van der Waals surface area contributed by atoms with E-state index in [1.54, 1.807) is 30.3 Å². The lowest BCUT2D eigenvalue weighted by molar-refractivity contribution is -0.145. The smallest absolute Gasteiger partial charge is 0.378 e. The molecule has 1 N–H and O–H groups in total. The highest BCUT2D eigenvalue weighted by Gasteiger charge is 2.35. The van der Waals surface area contributed by atoms with Gasteiger partial charge in [-0.15, -0.1) is 0 Å². The number of alkyl halides is 3. The number of hydrogen-bond donors (Lipinski definition) is 1. The second kappa shape index (κ2) is 9.11. The number of carbonyl (C=O) groups is 1. The summed E-state index contributed by atoms with van der Waals surface area (Å²) >= 11 is 0.948. The minimum atomic E-state index is -4.66. The molecular formula is C21H19F3N4O2S. The van der Waals surface area contributed by atoms with E-state index >= 15 is 0 Å². The van der Waals surface area contributed by atoms with Crippen molar-refractivity contribution in [1.29, 1.82) is 0 Å². The first-order valence-electron chi connectivity index (χ1n) is 9.59. The molecule has 0 spiro atoms. The molecule has 0 bridgehead atoms. The Morgan fingerprint density at radius 2 is 1.77 bits per heavy atom. The lowest BCUT2D eigenvalue weighted by Crippen LogP contribution is -2.36. The van der Waals surface area contributed by atoms with E-state index in [0.29, 0.717) is 24.3 Å².